The first-order chi connectivity index (χ1) is 14.1. The first-order valence-corrected chi connectivity index (χ1v) is 10.5. The molecule has 5 rings (SSSR count). The standard InChI is InChI=1S/C25H26N2O2/c1-16(17-8-4-2-5-9-17)26-24(28)23-22-20-13-12-19(14-20)21(22)15-27(23)25(29)18-10-6-3-7-11-18/h2-13,16,19-23H,14-15H2,1H3,(H,26,28). The van der Waals surface area contributed by atoms with Gasteiger partial charge >= 0.3 is 0 Å². The van der Waals surface area contributed by atoms with E-state index < -0.39 is 6.04 Å². The van der Waals surface area contributed by atoms with Gasteiger partial charge in [0.25, 0.3) is 5.91 Å². The molecule has 4 nitrogen and oxygen atoms in total. The Labute approximate surface area is 171 Å². The van der Waals surface area contributed by atoms with Crippen molar-refractivity contribution in [3.05, 3.63) is 83.9 Å². The van der Waals surface area contributed by atoms with E-state index in [1.807, 2.05) is 72.5 Å². The Kier molecular flexibility index (Phi) is 4.50. The van der Waals surface area contributed by atoms with E-state index in [0.29, 0.717) is 29.9 Å². The fraction of sp³-hybridized carbons (Fsp3) is 0.360. The zero-order valence-electron chi connectivity index (χ0n) is 16.6. The number of rotatable bonds is 4. The molecule has 2 fully saturated rings. The van der Waals surface area contributed by atoms with E-state index in [4.69, 9.17) is 0 Å². The Balaban J connectivity index is 1.42. The lowest BCUT2D eigenvalue weighted by molar-refractivity contribution is -0.127. The zero-order chi connectivity index (χ0) is 20.0. The SMILES string of the molecule is CC(NC(=O)C1C2C3C=CC(C3)C2CN1C(=O)c1ccccc1)c1ccccc1. The smallest absolute Gasteiger partial charge is 0.254 e. The molecule has 0 radical (unpaired) electrons. The number of carbonyl (C=O) groups is 2. The molecule has 29 heavy (non-hydrogen) atoms. The lowest BCUT2D eigenvalue weighted by Crippen LogP contribution is -2.50. The maximum Gasteiger partial charge on any atom is 0.254 e. The molecule has 2 amide bonds. The van der Waals surface area contributed by atoms with Crippen molar-refractivity contribution in [3.8, 4) is 0 Å². The van der Waals surface area contributed by atoms with E-state index in [-0.39, 0.29) is 23.8 Å². The van der Waals surface area contributed by atoms with Crippen LogP contribution in [0.4, 0.5) is 0 Å². The first-order valence-electron chi connectivity index (χ1n) is 10.5. The van der Waals surface area contributed by atoms with E-state index in [1.165, 1.54) is 0 Å². The average molecular weight is 386 g/mol. The van der Waals surface area contributed by atoms with Crippen molar-refractivity contribution in [2.45, 2.75) is 25.4 Å². The number of fused-ring (bicyclic) bond motifs is 5. The van der Waals surface area contributed by atoms with Crippen molar-refractivity contribution in [1.29, 1.82) is 0 Å². The molecular formula is C25H26N2O2. The van der Waals surface area contributed by atoms with E-state index in [1.54, 1.807) is 0 Å². The fourth-order valence-corrected chi connectivity index (χ4v) is 5.63. The van der Waals surface area contributed by atoms with Crippen LogP contribution in [0.3, 0.4) is 0 Å². The number of allylic oxidation sites excluding steroid dienone is 2. The summed E-state index contributed by atoms with van der Waals surface area (Å²) in [5.74, 6) is 1.45. The summed E-state index contributed by atoms with van der Waals surface area (Å²) < 4.78 is 0. The molecule has 0 spiro atoms. The van der Waals surface area contributed by atoms with Gasteiger partial charge in [-0.3, -0.25) is 9.59 Å². The monoisotopic (exact) mass is 386 g/mol. The molecule has 6 atom stereocenters. The molecule has 2 aromatic rings. The number of benzene rings is 2. The molecule has 3 aliphatic rings. The van der Waals surface area contributed by atoms with Crippen molar-refractivity contribution in [1.82, 2.24) is 10.2 Å². The van der Waals surface area contributed by atoms with Gasteiger partial charge in [-0.05, 0) is 54.7 Å². The number of likely N-dealkylation sites (tertiary alicyclic amines) is 1. The Morgan fingerprint density at radius 1 is 0.966 bits per heavy atom. The molecule has 1 aliphatic heterocycles. The normalized spacial score (nSPS) is 30.2. The summed E-state index contributed by atoms with van der Waals surface area (Å²) in [6.07, 6.45) is 5.69. The van der Waals surface area contributed by atoms with Crippen LogP contribution in [-0.4, -0.2) is 29.3 Å². The van der Waals surface area contributed by atoms with Crippen LogP contribution in [-0.2, 0) is 4.79 Å². The molecule has 1 saturated heterocycles. The highest BCUT2D eigenvalue weighted by Gasteiger charge is 2.57. The molecule has 1 saturated carbocycles. The van der Waals surface area contributed by atoms with E-state index in [9.17, 15) is 9.59 Å². The van der Waals surface area contributed by atoms with Crippen molar-refractivity contribution < 1.29 is 9.59 Å². The van der Waals surface area contributed by atoms with Gasteiger partial charge in [-0.2, -0.15) is 0 Å². The molecule has 148 valence electrons. The molecule has 1 heterocycles. The zero-order valence-corrected chi connectivity index (χ0v) is 16.6. The van der Waals surface area contributed by atoms with Gasteiger partial charge < -0.3 is 10.2 Å². The fourth-order valence-electron chi connectivity index (χ4n) is 5.63. The van der Waals surface area contributed by atoms with Crippen molar-refractivity contribution >= 4 is 11.8 Å². The summed E-state index contributed by atoms with van der Waals surface area (Å²) in [5, 5.41) is 3.19. The quantitative estimate of drug-likeness (QED) is 0.812. The predicted molar refractivity (Wildman–Crippen MR) is 112 cm³/mol. The third-order valence-corrected chi connectivity index (χ3v) is 7.00. The summed E-state index contributed by atoms with van der Waals surface area (Å²) in [6, 6.07) is 18.8. The van der Waals surface area contributed by atoms with Gasteiger partial charge in [-0.25, -0.2) is 0 Å². The second-order valence-electron chi connectivity index (χ2n) is 8.60. The van der Waals surface area contributed by atoms with Crippen LogP contribution in [0.5, 0.6) is 0 Å². The summed E-state index contributed by atoms with van der Waals surface area (Å²) in [4.78, 5) is 28.6. The third kappa shape index (κ3) is 3.07. The number of nitrogens with zero attached hydrogens (tertiary/aromatic N) is 1. The second-order valence-corrected chi connectivity index (χ2v) is 8.60. The highest BCUT2D eigenvalue weighted by molar-refractivity contribution is 5.98. The number of carbonyl (C=O) groups excluding carboxylic acids is 2. The summed E-state index contributed by atoms with van der Waals surface area (Å²) in [6.45, 7) is 2.67. The molecule has 0 aromatic heterocycles. The Hall–Kier alpha value is -2.88. The number of amides is 2. The van der Waals surface area contributed by atoms with Gasteiger partial charge in [0.1, 0.15) is 6.04 Å². The molecule has 2 aromatic carbocycles. The van der Waals surface area contributed by atoms with Crippen LogP contribution in [0.1, 0.15) is 35.3 Å². The Bertz CT molecular complexity index is 940. The number of nitrogens with one attached hydrogen (secondary N) is 1. The molecule has 4 heteroatoms. The van der Waals surface area contributed by atoms with E-state index in [2.05, 4.69) is 17.5 Å². The minimum atomic E-state index is -0.404. The van der Waals surface area contributed by atoms with Crippen LogP contribution < -0.4 is 5.32 Å². The maximum atomic E-state index is 13.5. The van der Waals surface area contributed by atoms with Gasteiger partial charge in [-0.15, -0.1) is 0 Å². The Morgan fingerprint density at radius 2 is 1.62 bits per heavy atom. The lowest BCUT2D eigenvalue weighted by Gasteiger charge is -2.30. The summed E-state index contributed by atoms with van der Waals surface area (Å²) in [7, 11) is 0. The van der Waals surface area contributed by atoms with Gasteiger partial charge in [0.2, 0.25) is 5.91 Å². The summed E-state index contributed by atoms with van der Waals surface area (Å²) in [5.41, 5.74) is 1.73. The van der Waals surface area contributed by atoms with E-state index >= 15 is 0 Å². The van der Waals surface area contributed by atoms with Gasteiger partial charge in [0, 0.05) is 12.1 Å². The molecule has 1 N–H and O–H groups in total. The van der Waals surface area contributed by atoms with Crippen molar-refractivity contribution in [2.75, 3.05) is 6.54 Å². The van der Waals surface area contributed by atoms with Crippen molar-refractivity contribution in [3.63, 3.8) is 0 Å². The van der Waals surface area contributed by atoms with Gasteiger partial charge in [0.15, 0.2) is 0 Å². The van der Waals surface area contributed by atoms with Crippen LogP contribution in [0.25, 0.3) is 0 Å². The molecule has 6 unspecified atom stereocenters. The second kappa shape index (κ2) is 7.18. The predicted octanol–water partition coefficient (Wildman–Crippen LogP) is 3.83. The minimum Gasteiger partial charge on any atom is -0.348 e. The number of hydrogen-bond donors (Lipinski definition) is 1. The Morgan fingerprint density at radius 3 is 2.34 bits per heavy atom. The van der Waals surface area contributed by atoms with Crippen LogP contribution >= 0.6 is 0 Å². The maximum absolute atomic E-state index is 13.5. The lowest BCUT2D eigenvalue weighted by atomic mass is 9.81. The first kappa shape index (κ1) is 18.2. The van der Waals surface area contributed by atoms with Crippen LogP contribution in [0.15, 0.2) is 72.8 Å². The van der Waals surface area contributed by atoms with Gasteiger partial charge in [-0.1, -0.05) is 60.7 Å². The van der Waals surface area contributed by atoms with E-state index in [0.717, 1.165) is 12.0 Å². The molecular weight excluding hydrogens is 360 g/mol. The topological polar surface area (TPSA) is 49.4 Å². The minimum absolute atomic E-state index is 0.0286. The molecule has 2 aliphatic carbocycles. The molecule has 2 bridgehead atoms. The van der Waals surface area contributed by atoms with Crippen LogP contribution in [0, 0.1) is 23.7 Å². The highest BCUT2D eigenvalue weighted by Crippen LogP contribution is 2.54. The highest BCUT2D eigenvalue weighted by atomic mass is 16.2. The largest absolute Gasteiger partial charge is 0.348 e. The summed E-state index contributed by atoms with van der Waals surface area (Å²) >= 11 is 0. The van der Waals surface area contributed by atoms with Crippen molar-refractivity contribution in [2.24, 2.45) is 23.7 Å². The average Bonchev–Trinajstić information content (AvgIpc) is 3.46. The van der Waals surface area contributed by atoms with Gasteiger partial charge in [0.05, 0.1) is 6.04 Å². The third-order valence-electron chi connectivity index (χ3n) is 7.00. The van der Waals surface area contributed by atoms with Crippen LogP contribution in [0.2, 0.25) is 0 Å². The number of hydrogen-bond acceptors (Lipinski definition) is 2.